The van der Waals surface area contributed by atoms with Gasteiger partial charge in [0.1, 0.15) is 12.4 Å². The molecule has 1 aromatic rings. The van der Waals surface area contributed by atoms with Gasteiger partial charge in [0.2, 0.25) is 5.91 Å². The normalized spacial score (nSPS) is 16.9. The third-order valence-electron chi connectivity index (χ3n) is 3.06. The van der Waals surface area contributed by atoms with Crippen LogP contribution in [0.4, 0.5) is 11.5 Å². The Morgan fingerprint density at radius 3 is 2.57 bits per heavy atom. The van der Waals surface area contributed by atoms with E-state index in [1.165, 1.54) is 11.3 Å². The Morgan fingerprint density at radius 2 is 2.05 bits per heavy atom. The smallest absolute Gasteiger partial charge is 0.330 e. The fourth-order valence-electron chi connectivity index (χ4n) is 1.78. The molecule has 1 aliphatic heterocycles. The standard InChI is InChI=1S/C14H20N4O3/c1-14(2,3)13(20)21-17-6-7-18(12(19)9-17)11-5-4-10(15)8-16-11/h4-5,8H,6-7,9,15H2,1-3H3. The molecule has 0 spiro atoms. The number of carbonyl (C=O) groups is 2. The molecule has 1 aromatic heterocycles. The van der Waals surface area contributed by atoms with Crippen molar-refractivity contribution in [1.82, 2.24) is 10.0 Å². The van der Waals surface area contributed by atoms with Crippen LogP contribution < -0.4 is 10.6 Å². The zero-order valence-corrected chi connectivity index (χ0v) is 12.5. The summed E-state index contributed by atoms with van der Waals surface area (Å²) in [6, 6.07) is 3.39. The van der Waals surface area contributed by atoms with E-state index in [4.69, 9.17) is 10.6 Å². The average Bonchev–Trinajstić information content (AvgIpc) is 2.39. The molecule has 1 fully saturated rings. The van der Waals surface area contributed by atoms with Crippen LogP contribution in [-0.4, -0.2) is 41.6 Å². The van der Waals surface area contributed by atoms with Gasteiger partial charge >= 0.3 is 5.97 Å². The number of rotatable bonds is 2. The number of pyridine rings is 1. The maximum absolute atomic E-state index is 12.1. The van der Waals surface area contributed by atoms with Gasteiger partial charge in [-0.1, -0.05) is 0 Å². The van der Waals surface area contributed by atoms with E-state index < -0.39 is 5.41 Å². The lowest BCUT2D eigenvalue weighted by Crippen LogP contribution is -2.51. The number of piperazine rings is 1. The highest BCUT2D eigenvalue weighted by Crippen LogP contribution is 2.19. The lowest BCUT2D eigenvalue weighted by atomic mass is 9.98. The van der Waals surface area contributed by atoms with Crippen molar-refractivity contribution < 1.29 is 14.4 Å². The van der Waals surface area contributed by atoms with Crippen molar-refractivity contribution in [2.75, 3.05) is 30.3 Å². The van der Waals surface area contributed by atoms with Gasteiger partial charge in [-0.3, -0.25) is 9.69 Å². The van der Waals surface area contributed by atoms with Crippen molar-refractivity contribution in [3.05, 3.63) is 18.3 Å². The van der Waals surface area contributed by atoms with Crippen LogP contribution in [0.15, 0.2) is 18.3 Å². The van der Waals surface area contributed by atoms with E-state index >= 15 is 0 Å². The van der Waals surface area contributed by atoms with E-state index in [0.29, 0.717) is 24.6 Å². The first-order valence-corrected chi connectivity index (χ1v) is 6.76. The quantitative estimate of drug-likeness (QED) is 0.868. The second-order valence-electron chi connectivity index (χ2n) is 5.99. The second kappa shape index (κ2) is 5.69. The second-order valence-corrected chi connectivity index (χ2v) is 5.99. The average molecular weight is 292 g/mol. The number of nitrogens with two attached hydrogens (primary N) is 1. The lowest BCUT2D eigenvalue weighted by molar-refractivity contribution is -0.202. The molecule has 0 atom stereocenters. The third kappa shape index (κ3) is 3.69. The number of anilines is 2. The van der Waals surface area contributed by atoms with Gasteiger partial charge in [-0.15, -0.1) is 5.06 Å². The first-order chi connectivity index (χ1) is 9.77. The van der Waals surface area contributed by atoms with Crippen LogP contribution in [0.1, 0.15) is 20.8 Å². The van der Waals surface area contributed by atoms with E-state index in [9.17, 15) is 9.59 Å². The topological polar surface area (TPSA) is 88.8 Å². The van der Waals surface area contributed by atoms with Gasteiger partial charge in [-0.05, 0) is 32.9 Å². The monoisotopic (exact) mass is 292 g/mol. The molecule has 0 aliphatic carbocycles. The SMILES string of the molecule is CC(C)(C)C(=O)ON1CCN(c2ccc(N)cn2)C(=O)C1. The summed E-state index contributed by atoms with van der Waals surface area (Å²) in [5, 5.41) is 1.39. The summed E-state index contributed by atoms with van der Waals surface area (Å²) >= 11 is 0. The number of nitrogens with zero attached hydrogens (tertiary/aromatic N) is 3. The van der Waals surface area contributed by atoms with Crippen molar-refractivity contribution >= 4 is 23.4 Å². The van der Waals surface area contributed by atoms with Gasteiger partial charge in [0.05, 0.1) is 23.8 Å². The molecule has 1 saturated heterocycles. The van der Waals surface area contributed by atoms with E-state index in [1.807, 2.05) is 0 Å². The first-order valence-electron chi connectivity index (χ1n) is 6.76. The molecular formula is C14H20N4O3. The Hall–Kier alpha value is -2.15. The summed E-state index contributed by atoms with van der Waals surface area (Å²) in [5.41, 5.74) is 5.52. The molecule has 21 heavy (non-hydrogen) atoms. The van der Waals surface area contributed by atoms with Gasteiger partial charge in [-0.25, -0.2) is 9.78 Å². The van der Waals surface area contributed by atoms with Crippen molar-refractivity contribution in [2.24, 2.45) is 5.41 Å². The predicted octanol–water partition coefficient (Wildman–Crippen LogP) is 0.817. The van der Waals surface area contributed by atoms with Crippen molar-refractivity contribution in [2.45, 2.75) is 20.8 Å². The minimum absolute atomic E-state index is 0.0217. The number of hydrogen-bond donors (Lipinski definition) is 1. The lowest BCUT2D eigenvalue weighted by Gasteiger charge is -2.33. The Balaban J connectivity index is 1.98. The van der Waals surface area contributed by atoms with Crippen LogP contribution in [0.3, 0.4) is 0 Å². The summed E-state index contributed by atoms with van der Waals surface area (Å²) < 4.78 is 0. The molecule has 114 valence electrons. The summed E-state index contributed by atoms with van der Waals surface area (Å²) in [5.74, 6) is 0.0330. The number of hydrogen-bond acceptors (Lipinski definition) is 6. The van der Waals surface area contributed by atoms with E-state index in [-0.39, 0.29) is 18.4 Å². The molecule has 0 unspecified atom stereocenters. The fourth-order valence-corrected chi connectivity index (χ4v) is 1.78. The van der Waals surface area contributed by atoms with Gasteiger partial charge in [0, 0.05) is 6.54 Å². The predicted molar refractivity (Wildman–Crippen MR) is 78.1 cm³/mol. The molecule has 7 heteroatoms. The molecule has 2 rings (SSSR count). The molecule has 2 N–H and O–H groups in total. The van der Waals surface area contributed by atoms with Crippen LogP contribution in [0.25, 0.3) is 0 Å². The van der Waals surface area contributed by atoms with Crippen LogP contribution in [0.5, 0.6) is 0 Å². The maximum atomic E-state index is 12.1. The van der Waals surface area contributed by atoms with E-state index in [2.05, 4.69) is 4.98 Å². The molecule has 0 saturated carbocycles. The van der Waals surface area contributed by atoms with Gasteiger partial charge in [0.25, 0.3) is 0 Å². The number of carbonyl (C=O) groups excluding carboxylic acids is 2. The molecule has 2 heterocycles. The van der Waals surface area contributed by atoms with Crippen molar-refractivity contribution in [3.8, 4) is 0 Å². The summed E-state index contributed by atoms with van der Waals surface area (Å²) in [6.07, 6.45) is 1.51. The van der Waals surface area contributed by atoms with Crippen LogP contribution >= 0.6 is 0 Å². The molecule has 7 nitrogen and oxygen atoms in total. The highest BCUT2D eigenvalue weighted by molar-refractivity contribution is 5.94. The number of aromatic nitrogens is 1. The van der Waals surface area contributed by atoms with E-state index in [0.717, 1.165) is 0 Å². The summed E-state index contributed by atoms with van der Waals surface area (Å²) in [4.78, 5) is 34.9. The van der Waals surface area contributed by atoms with Crippen molar-refractivity contribution in [1.29, 1.82) is 0 Å². The minimum Gasteiger partial charge on any atom is -0.397 e. The third-order valence-corrected chi connectivity index (χ3v) is 3.06. The molecular weight excluding hydrogens is 272 g/mol. The fraction of sp³-hybridized carbons (Fsp3) is 0.500. The maximum Gasteiger partial charge on any atom is 0.330 e. The Morgan fingerprint density at radius 1 is 1.33 bits per heavy atom. The number of amides is 1. The Bertz CT molecular complexity index is 536. The Kier molecular flexibility index (Phi) is 4.13. The van der Waals surface area contributed by atoms with Crippen LogP contribution in [0, 0.1) is 5.41 Å². The van der Waals surface area contributed by atoms with Crippen molar-refractivity contribution in [3.63, 3.8) is 0 Å². The molecule has 0 bridgehead atoms. The zero-order valence-electron chi connectivity index (χ0n) is 12.5. The molecule has 1 aliphatic rings. The summed E-state index contributed by atoms with van der Waals surface area (Å²) in [6.45, 7) is 6.18. The zero-order chi connectivity index (χ0) is 15.6. The number of nitrogen functional groups attached to an aromatic ring is 1. The summed E-state index contributed by atoms with van der Waals surface area (Å²) in [7, 11) is 0. The van der Waals surface area contributed by atoms with Gasteiger partial charge < -0.3 is 10.6 Å². The van der Waals surface area contributed by atoms with E-state index in [1.54, 1.807) is 37.8 Å². The largest absolute Gasteiger partial charge is 0.397 e. The van der Waals surface area contributed by atoms with Gasteiger partial charge in [0.15, 0.2) is 0 Å². The van der Waals surface area contributed by atoms with Crippen LogP contribution in [0.2, 0.25) is 0 Å². The Labute approximate surface area is 123 Å². The molecule has 0 aromatic carbocycles. The van der Waals surface area contributed by atoms with Gasteiger partial charge in [-0.2, -0.15) is 0 Å². The minimum atomic E-state index is -0.599. The highest BCUT2D eigenvalue weighted by atomic mass is 16.7. The first kappa shape index (κ1) is 15.2. The molecule has 1 amide bonds. The molecule has 0 radical (unpaired) electrons. The van der Waals surface area contributed by atoms with Crippen LogP contribution in [-0.2, 0) is 14.4 Å². The highest BCUT2D eigenvalue weighted by Gasteiger charge is 2.31. The number of hydroxylamine groups is 2.